The van der Waals surface area contributed by atoms with Crippen molar-refractivity contribution in [1.82, 2.24) is 0 Å². The van der Waals surface area contributed by atoms with Crippen LogP contribution in [0.25, 0.3) is 0 Å². The zero-order valence-corrected chi connectivity index (χ0v) is 11.5. The molecule has 3 atom stereocenters. The van der Waals surface area contributed by atoms with E-state index in [0.717, 1.165) is 19.1 Å². The van der Waals surface area contributed by atoms with Gasteiger partial charge in [-0.1, -0.05) is 24.3 Å². The normalized spacial score (nSPS) is 30.4. The summed E-state index contributed by atoms with van der Waals surface area (Å²) < 4.78 is 5.07. The van der Waals surface area contributed by atoms with Crippen molar-refractivity contribution in [2.24, 2.45) is 11.8 Å². The van der Waals surface area contributed by atoms with Crippen LogP contribution in [0.2, 0.25) is 0 Å². The fraction of sp³-hybridized carbons (Fsp3) is 0.412. The van der Waals surface area contributed by atoms with Crippen LogP contribution < -0.4 is 4.74 Å². The number of hydrogen-bond acceptors (Lipinski definition) is 3. The Labute approximate surface area is 118 Å². The van der Waals surface area contributed by atoms with E-state index in [2.05, 4.69) is 12.2 Å². The van der Waals surface area contributed by atoms with E-state index in [9.17, 15) is 9.59 Å². The molecule has 2 aliphatic rings. The first-order chi connectivity index (χ1) is 9.64. The third-order valence-electron chi connectivity index (χ3n) is 4.62. The molecule has 0 spiro atoms. The van der Waals surface area contributed by atoms with Crippen LogP contribution >= 0.6 is 0 Å². The van der Waals surface area contributed by atoms with Gasteiger partial charge in [0.1, 0.15) is 12.0 Å². The lowest BCUT2D eigenvalue weighted by atomic mass is 9.71. The van der Waals surface area contributed by atoms with E-state index in [-0.39, 0.29) is 11.4 Å². The SMILES string of the molecule is CC(=O)Oc1ccc(C23C=CC(CC2CC=O)C3)cc1. The molecule has 0 radical (unpaired) electrons. The highest BCUT2D eigenvalue weighted by Gasteiger charge is 2.49. The molecule has 2 aliphatic carbocycles. The van der Waals surface area contributed by atoms with E-state index in [1.165, 1.54) is 12.5 Å². The molecule has 0 heterocycles. The number of ether oxygens (including phenoxy) is 1. The number of rotatable bonds is 4. The van der Waals surface area contributed by atoms with Gasteiger partial charge in [0.2, 0.25) is 0 Å². The summed E-state index contributed by atoms with van der Waals surface area (Å²) in [4.78, 5) is 21.8. The molecule has 1 aromatic carbocycles. The van der Waals surface area contributed by atoms with E-state index in [1.54, 1.807) is 0 Å². The molecule has 2 bridgehead atoms. The fourth-order valence-corrected chi connectivity index (χ4v) is 3.79. The van der Waals surface area contributed by atoms with E-state index < -0.39 is 0 Å². The molecule has 0 saturated heterocycles. The molecule has 20 heavy (non-hydrogen) atoms. The summed E-state index contributed by atoms with van der Waals surface area (Å²) in [6.07, 6.45) is 8.40. The van der Waals surface area contributed by atoms with E-state index in [0.29, 0.717) is 24.0 Å². The maximum atomic E-state index is 10.9. The molecule has 3 rings (SSSR count). The highest BCUT2D eigenvalue weighted by atomic mass is 16.5. The van der Waals surface area contributed by atoms with Crippen LogP contribution in [0.1, 0.15) is 31.7 Å². The Hall–Kier alpha value is -1.90. The fourth-order valence-electron chi connectivity index (χ4n) is 3.79. The monoisotopic (exact) mass is 270 g/mol. The summed E-state index contributed by atoms with van der Waals surface area (Å²) in [7, 11) is 0. The Balaban J connectivity index is 1.89. The molecule has 1 fully saturated rings. The number of allylic oxidation sites excluding steroid dienone is 2. The minimum Gasteiger partial charge on any atom is -0.427 e. The second kappa shape index (κ2) is 4.89. The molecule has 0 amide bonds. The smallest absolute Gasteiger partial charge is 0.308 e. The Bertz CT molecular complexity index is 558. The Kier molecular flexibility index (Phi) is 3.20. The maximum absolute atomic E-state index is 10.9. The highest BCUT2D eigenvalue weighted by molar-refractivity contribution is 5.69. The summed E-state index contributed by atoms with van der Waals surface area (Å²) in [5.74, 6) is 1.26. The minimum absolute atomic E-state index is 0.000328. The molecular weight excluding hydrogens is 252 g/mol. The first-order valence-corrected chi connectivity index (χ1v) is 7.06. The van der Waals surface area contributed by atoms with Gasteiger partial charge in [-0.05, 0) is 42.4 Å². The van der Waals surface area contributed by atoms with Gasteiger partial charge in [-0.2, -0.15) is 0 Å². The molecule has 1 saturated carbocycles. The summed E-state index contributed by atoms with van der Waals surface area (Å²) in [6.45, 7) is 1.40. The number of carbonyl (C=O) groups is 2. The van der Waals surface area contributed by atoms with E-state index in [4.69, 9.17) is 4.74 Å². The summed E-state index contributed by atoms with van der Waals surface area (Å²) in [6, 6.07) is 7.72. The van der Waals surface area contributed by atoms with Crippen molar-refractivity contribution in [3.05, 3.63) is 42.0 Å². The lowest BCUT2D eigenvalue weighted by molar-refractivity contribution is -0.131. The summed E-state index contributed by atoms with van der Waals surface area (Å²) >= 11 is 0. The topological polar surface area (TPSA) is 43.4 Å². The van der Waals surface area contributed by atoms with Crippen molar-refractivity contribution in [2.75, 3.05) is 0 Å². The molecule has 104 valence electrons. The van der Waals surface area contributed by atoms with Gasteiger partial charge in [-0.15, -0.1) is 0 Å². The Morgan fingerprint density at radius 1 is 1.40 bits per heavy atom. The zero-order valence-electron chi connectivity index (χ0n) is 11.5. The molecular formula is C17H18O3. The van der Waals surface area contributed by atoms with Gasteiger partial charge < -0.3 is 9.53 Å². The predicted octanol–water partition coefficient (Wildman–Crippen LogP) is 3.03. The van der Waals surface area contributed by atoms with Crippen LogP contribution in [0.3, 0.4) is 0 Å². The van der Waals surface area contributed by atoms with Gasteiger partial charge in [0.05, 0.1) is 0 Å². The summed E-state index contributed by atoms with van der Waals surface area (Å²) in [5, 5.41) is 0. The predicted molar refractivity (Wildman–Crippen MR) is 75.5 cm³/mol. The number of esters is 1. The molecule has 0 aromatic heterocycles. The standard InChI is InChI=1S/C17H18O3/c1-12(19)20-16-4-2-14(3-5-16)17-8-6-13(11-17)10-15(17)7-9-18/h2-6,8-9,13,15H,7,10-11H2,1H3. The first-order valence-electron chi connectivity index (χ1n) is 7.06. The third-order valence-corrected chi connectivity index (χ3v) is 4.62. The van der Waals surface area contributed by atoms with Gasteiger partial charge >= 0.3 is 5.97 Å². The number of aldehydes is 1. The number of benzene rings is 1. The lowest BCUT2D eigenvalue weighted by Crippen LogP contribution is -2.28. The van der Waals surface area contributed by atoms with Crippen LogP contribution in [0.5, 0.6) is 5.75 Å². The van der Waals surface area contributed by atoms with Crippen LogP contribution in [0.4, 0.5) is 0 Å². The van der Waals surface area contributed by atoms with Crippen LogP contribution in [-0.2, 0) is 15.0 Å². The molecule has 3 unspecified atom stereocenters. The number of fused-ring (bicyclic) bond motifs is 2. The van der Waals surface area contributed by atoms with Crippen molar-refractivity contribution in [2.45, 2.75) is 31.6 Å². The van der Waals surface area contributed by atoms with Crippen molar-refractivity contribution >= 4 is 12.3 Å². The largest absolute Gasteiger partial charge is 0.427 e. The highest BCUT2D eigenvalue weighted by Crippen LogP contribution is 2.55. The van der Waals surface area contributed by atoms with E-state index in [1.807, 2.05) is 24.3 Å². The average molecular weight is 270 g/mol. The van der Waals surface area contributed by atoms with Gasteiger partial charge in [0, 0.05) is 18.8 Å². The molecule has 1 aromatic rings. The number of carbonyl (C=O) groups excluding carboxylic acids is 2. The maximum Gasteiger partial charge on any atom is 0.308 e. The summed E-state index contributed by atoms with van der Waals surface area (Å²) in [5.41, 5.74) is 1.22. The zero-order chi connectivity index (χ0) is 14.2. The minimum atomic E-state index is -0.309. The lowest BCUT2D eigenvalue weighted by Gasteiger charge is -2.32. The molecule has 3 heteroatoms. The van der Waals surface area contributed by atoms with Crippen LogP contribution in [0, 0.1) is 11.8 Å². The average Bonchev–Trinajstić information content (AvgIpc) is 2.98. The van der Waals surface area contributed by atoms with Gasteiger partial charge in [0.25, 0.3) is 0 Å². The Morgan fingerprint density at radius 2 is 2.15 bits per heavy atom. The molecule has 0 aliphatic heterocycles. The molecule has 3 nitrogen and oxygen atoms in total. The second-order valence-electron chi connectivity index (χ2n) is 5.82. The quantitative estimate of drug-likeness (QED) is 0.365. The van der Waals surface area contributed by atoms with Gasteiger partial charge in [0.15, 0.2) is 0 Å². The van der Waals surface area contributed by atoms with Gasteiger partial charge in [-0.3, -0.25) is 4.79 Å². The van der Waals surface area contributed by atoms with E-state index >= 15 is 0 Å². The van der Waals surface area contributed by atoms with Crippen molar-refractivity contribution in [3.63, 3.8) is 0 Å². The van der Waals surface area contributed by atoms with Crippen LogP contribution in [-0.4, -0.2) is 12.3 Å². The van der Waals surface area contributed by atoms with Crippen molar-refractivity contribution in [1.29, 1.82) is 0 Å². The van der Waals surface area contributed by atoms with Crippen molar-refractivity contribution in [3.8, 4) is 5.75 Å². The second-order valence-corrected chi connectivity index (χ2v) is 5.82. The van der Waals surface area contributed by atoms with Crippen molar-refractivity contribution < 1.29 is 14.3 Å². The van der Waals surface area contributed by atoms with Crippen LogP contribution in [0.15, 0.2) is 36.4 Å². The Morgan fingerprint density at radius 3 is 2.75 bits per heavy atom. The number of hydrogen-bond donors (Lipinski definition) is 0. The molecule has 0 N–H and O–H groups in total. The first kappa shape index (κ1) is 13.1. The van der Waals surface area contributed by atoms with Gasteiger partial charge in [-0.25, -0.2) is 0 Å². The third kappa shape index (κ3) is 2.07.